The van der Waals surface area contributed by atoms with Crippen molar-refractivity contribution in [1.29, 1.82) is 0 Å². The normalized spacial score (nSPS) is 22.9. The molecule has 2 rings (SSSR count). The minimum atomic E-state index is -0.380. The highest BCUT2D eigenvalue weighted by atomic mass is 19.1. The molecule has 1 atom stereocenters. The molecule has 0 aromatic heterocycles. The van der Waals surface area contributed by atoms with Gasteiger partial charge < -0.3 is 10.4 Å². The topological polar surface area (TPSA) is 32.3 Å². The fraction of sp³-hybridized carbons (Fsp3) is 0.600. The van der Waals surface area contributed by atoms with Crippen molar-refractivity contribution in [3.8, 4) is 5.75 Å². The summed E-state index contributed by atoms with van der Waals surface area (Å²) in [4.78, 5) is 0. The van der Waals surface area contributed by atoms with Crippen molar-refractivity contribution in [1.82, 2.24) is 5.32 Å². The number of hydrogen-bond acceptors (Lipinski definition) is 2. The second-order valence-corrected chi connectivity index (χ2v) is 5.99. The fourth-order valence-corrected chi connectivity index (χ4v) is 2.85. The molecular formula is C15H22FNO. The van der Waals surface area contributed by atoms with Crippen molar-refractivity contribution in [3.63, 3.8) is 0 Å². The van der Waals surface area contributed by atoms with Gasteiger partial charge in [0.1, 0.15) is 11.6 Å². The monoisotopic (exact) mass is 251 g/mol. The average Bonchev–Trinajstić information content (AvgIpc) is 2.25. The van der Waals surface area contributed by atoms with Gasteiger partial charge in [-0.3, -0.25) is 0 Å². The van der Waals surface area contributed by atoms with Gasteiger partial charge in [0, 0.05) is 18.7 Å². The first kappa shape index (κ1) is 13.3. The van der Waals surface area contributed by atoms with Crippen molar-refractivity contribution < 1.29 is 9.50 Å². The summed E-state index contributed by atoms with van der Waals surface area (Å²) >= 11 is 0. The predicted octanol–water partition coefficient (Wildman–Crippen LogP) is 3.59. The number of phenols is 1. The average molecular weight is 251 g/mol. The second-order valence-electron chi connectivity index (χ2n) is 5.99. The first-order chi connectivity index (χ1) is 8.47. The lowest BCUT2D eigenvalue weighted by Crippen LogP contribution is -2.43. The molecule has 3 heteroatoms. The third kappa shape index (κ3) is 3.22. The molecule has 0 heterocycles. The van der Waals surface area contributed by atoms with E-state index in [1.165, 1.54) is 31.7 Å². The molecule has 1 aromatic carbocycles. The molecule has 0 bridgehead atoms. The van der Waals surface area contributed by atoms with Crippen LogP contribution in [0, 0.1) is 11.2 Å². The Kier molecular flexibility index (Phi) is 3.91. The Morgan fingerprint density at radius 2 is 2.11 bits per heavy atom. The summed E-state index contributed by atoms with van der Waals surface area (Å²) in [6, 6.07) is 4.69. The Morgan fingerprint density at radius 3 is 2.78 bits per heavy atom. The highest BCUT2D eigenvalue weighted by molar-refractivity contribution is 5.28. The van der Waals surface area contributed by atoms with Crippen LogP contribution < -0.4 is 5.32 Å². The van der Waals surface area contributed by atoms with Crippen molar-refractivity contribution in [3.05, 3.63) is 29.6 Å². The Hall–Kier alpha value is -1.09. The van der Waals surface area contributed by atoms with Crippen LogP contribution in [0.15, 0.2) is 18.2 Å². The van der Waals surface area contributed by atoms with Gasteiger partial charge in [-0.1, -0.05) is 26.7 Å². The molecule has 18 heavy (non-hydrogen) atoms. The Morgan fingerprint density at radius 1 is 1.33 bits per heavy atom. The van der Waals surface area contributed by atoms with E-state index >= 15 is 0 Å². The molecule has 1 fully saturated rings. The Bertz CT molecular complexity index is 397. The lowest BCUT2D eigenvalue weighted by atomic mass is 9.73. The van der Waals surface area contributed by atoms with Crippen molar-refractivity contribution in [2.45, 2.75) is 52.1 Å². The number of phenolic OH excluding ortho intramolecular Hbond substituents is 1. The van der Waals surface area contributed by atoms with Crippen LogP contribution in [0.25, 0.3) is 0 Å². The zero-order chi connectivity index (χ0) is 13.2. The van der Waals surface area contributed by atoms with Gasteiger partial charge in [0.2, 0.25) is 0 Å². The van der Waals surface area contributed by atoms with E-state index in [1.807, 2.05) is 0 Å². The molecule has 0 amide bonds. The van der Waals surface area contributed by atoms with Gasteiger partial charge in [0.15, 0.2) is 0 Å². The molecule has 1 aliphatic rings. The maximum Gasteiger partial charge on any atom is 0.127 e. The molecule has 2 N–H and O–H groups in total. The quantitative estimate of drug-likeness (QED) is 0.860. The van der Waals surface area contributed by atoms with Crippen LogP contribution in [-0.2, 0) is 6.54 Å². The third-order valence-electron chi connectivity index (χ3n) is 4.00. The van der Waals surface area contributed by atoms with Crippen LogP contribution >= 0.6 is 0 Å². The van der Waals surface area contributed by atoms with E-state index in [-0.39, 0.29) is 11.6 Å². The van der Waals surface area contributed by atoms with Crippen LogP contribution in [0.4, 0.5) is 4.39 Å². The Labute approximate surface area is 108 Å². The number of nitrogens with one attached hydrogen (secondary N) is 1. The summed E-state index contributed by atoms with van der Waals surface area (Å²) < 4.78 is 13.2. The largest absolute Gasteiger partial charge is 0.508 e. The van der Waals surface area contributed by atoms with E-state index in [9.17, 15) is 9.50 Å². The highest BCUT2D eigenvalue weighted by Gasteiger charge is 2.31. The van der Waals surface area contributed by atoms with E-state index in [4.69, 9.17) is 0 Å². The van der Waals surface area contributed by atoms with Gasteiger partial charge in [-0.25, -0.2) is 4.39 Å². The van der Waals surface area contributed by atoms with Gasteiger partial charge in [-0.2, -0.15) is 0 Å². The molecule has 1 aliphatic carbocycles. The summed E-state index contributed by atoms with van der Waals surface area (Å²) in [6.07, 6.45) is 4.97. The van der Waals surface area contributed by atoms with Gasteiger partial charge in [0.25, 0.3) is 0 Å². The number of halogens is 1. The molecule has 0 spiro atoms. The standard InChI is InChI=1S/C15H22FNO/c1-15(2)6-4-3-5-14(15)17-10-11-7-12(16)9-13(18)8-11/h7-9,14,17-18H,3-6,10H2,1-2H3. The van der Waals surface area contributed by atoms with Crippen molar-refractivity contribution in [2.75, 3.05) is 0 Å². The number of aromatic hydroxyl groups is 1. The van der Waals surface area contributed by atoms with Crippen LogP contribution in [0.5, 0.6) is 5.75 Å². The maximum atomic E-state index is 13.2. The lowest BCUT2D eigenvalue weighted by molar-refractivity contribution is 0.166. The van der Waals surface area contributed by atoms with E-state index in [1.54, 1.807) is 6.07 Å². The predicted molar refractivity (Wildman–Crippen MR) is 70.9 cm³/mol. The summed E-state index contributed by atoms with van der Waals surface area (Å²) in [6.45, 7) is 5.18. The zero-order valence-electron chi connectivity index (χ0n) is 11.2. The number of rotatable bonds is 3. The molecule has 100 valence electrons. The molecule has 0 radical (unpaired) electrons. The number of hydrogen-bond donors (Lipinski definition) is 2. The zero-order valence-corrected chi connectivity index (χ0v) is 11.2. The molecule has 1 aromatic rings. The van der Waals surface area contributed by atoms with E-state index < -0.39 is 0 Å². The van der Waals surface area contributed by atoms with E-state index in [0.717, 1.165) is 11.6 Å². The van der Waals surface area contributed by atoms with Gasteiger partial charge in [-0.05, 0) is 36.0 Å². The third-order valence-corrected chi connectivity index (χ3v) is 4.00. The molecule has 0 saturated heterocycles. The SMILES string of the molecule is CC1(C)CCCCC1NCc1cc(O)cc(F)c1. The summed E-state index contributed by atoms with van der Waals surface area (Å²) in [7, 11) is 0. The minimum absolute atomic E-state index is 0.00490. The summed E-state index contributed by atoms with van der Waals surface area (Å²) in [5, 5.41) is 12.9. The van der Waals surface area contributed by atoms with E-state index in [0.29, 0.717) is 18.0 Å². The van der Waals surface area contributed by atoms with Crippen LogP contribution in [-0.4, -0.2) is 11.1 Å². The molecule has 1 unspecified atom stereocenters. The van der Waals surface area contributed by atoms with Gasteiger partial charge in [-0.15, -0.1) is 0 Å². The molecule has 1 saturated carbocycles. The smallest absolute Gasteiger partial charge is 0.127 e. The Balaban J connectivity index is 1.98. The number of benzene rings is 1. The van der Waals surface area contributed by atoms with Crippen LogP contribution in [0.3, 0.4) is 0 Å². The molecule has 2 nitrogen and oxygen atoms in total. The summed E-state index contributed by atoms with van der Waals surface area (Å²) in [5.74, 6) is -0.385. The van der Waals surface area contributed by atoms with Gasteiger partial charge >= 0.3 is 0 Å². The first-order valence-corrected chi connectivity index (χ1v) is 6.69. The van der Waals surface area contributed by atoms with Crippen LogP contribution in [0.1, 0.15) is 45.1 Å². The van der Waals surface area contributed by atoms with Crippen molar-refractivity contribution >= 4 is 0 Å². The maximum absolute atomic E-state index is 13.2. The molecular weight excluding hydrogens is 229 g/mol. The molecule has 0 aliphatic heterocycles. The second kappa shape index (κ2) is 5.27. The van der Waals surface area contributed by atoms with Gasteiger partial charge in [0.05, 0.1) is 0 Å². The fourth-order valence-electron chi connectivity index (χ4n) is 2.85. The van der Waals surface area contributed by atoms with Crippen molar-refractivity contribution in [2.24, 2.45) is 5.41 Å². The minimum Gasteiger partial charge on any atom is -0.508 e. The first-order valence-electron chi connectivity index (χ1n) is 6.69. The van der Waals surface area contributed by atoms with E-state index in [2.05, 4.69) is 19.2 Å². The highest BCUT2D eigenvalue weighted by Crippen LogP contribution is 2.35. The van der Waals surface area contributed by atoms with Crippen LogP contribution in [0.2, 0.25) is 0 Å². The summed E-state index contributed by atoms with van der Waals surface area (Å²) in [5.41, 5.74) is 1.10. The lowest BCUT2D eigenvalue weighted by Gasteiger charge is -2.39.